The molecule has 0 radical (unpaired) electrons. The van der Waals surface area contributed by atoms with Gasteiger partial charge in [-0.15, -0.1) is 0 Å². The predicted octanol–water partition coefficient (Wildman–Crippen LogP) is 2.70. The lowest BCUT2D eigenvalue weighted by atomic mass is 9.99. The maximum Gasteiger partial charge on any atom is 0.101 e. The monoisotopic (exact) mass is 230 g/mol. The molecule has 0 bridgehead atoms. The van der Waals surface area contributed by atoms with Crippen molar-refractivity contribution in [1.29, 1.82) is 0 Å². The SMILES string of the molecule is CCc1cccc(C(NN)c2coc(C)c2)c1. The summed E-state index contributed by atoms with van der Waals surface area (Å²) in [6.45, 7) is 4.07. The first kappa shape index (κ1) is 11.9. The van der Waals surface area contributed by atoms with Crippen LogP contribution in [0.15, 0.2) is 41.0 Å². The average Bonchev–Trinajstić information content (AvgIpc) is 2.77. The molecule has 2 rings (SSSR count). The Labute approximate surface area is 102 Å². The van der Waals surface area contributed by atoms with Crippen LogP contribution >= 0.6 is 0 Å². The average molecular weight is 230 g/mol. The van der Waals surface area contributed by atoms with Gasteiger partial charge in [-0.2, -0.15) is 0 Å². The van der Waals surface area contributed by atoms with Gasteiger partial charge in [0, 0.05) is 5.56 Å². The molecule has 0 spiro atoms. The van der Waals surface area contributed by atoms with Crippen molar-refractivity contribution >= 4 is 0 Å². The molecule has 0 saturated heterocycles. The summed E-state index contributed by atoms with van der Waals surface area (Å²) in [5.74, 6) is 6.54. The molecule has 1 aromatic heterocycles. The lowest BCUT2D eigenvalue weighted by Gasteiger charge is -2.15. The Morgan fingerprint density at radius 2 is 2.12 bits per heavy atom. The molecule has 0 saturated carbocycles. The third kappa shape index (κ3) is 2.57. The van der Waals surface area contributed by atoms with E-state index in [1.165, 1.54) is 5.56 Å². The molecular weight excluding hydrogens is 212 g/mol. The van der Waals surface area contributed by atoms with Gasteiger partial charge >= 0.3 is 0 Å². The fraction of sp³-hybridized carbons (Fsp3) is 0.286. The highest BCUT2D eigenvalue weighted by Crippen LogP contribution is 2.23. The Morgan fingerprint density at radius 1 is 1.29 bits per heavy atom. The number of benzene rings is 1. The van der Waals surface area contributed by atoms with Crippen molar-refractivity contribution in [2.45, 2.75) is 26.3 Å². The van der Waals surface area contributed by atoms with E-state index >= 15 is 0 Å². The second-order valence-electron chi connectivity index (χ2n) is 4.19. The van der Waals surface area contributed by atoms with E-state index in [2.05, 4.69) is 36.6 Å². The standard InChI is InChI=1S/C14H18N2O/c1-3-11-5-4-6-12(8-11)14(16-15)13-7-10(2)17-9-13/h4-9,14,16H,3,15H2,1-2H3. The van der Waals surface area contributed by atoms with E-state index in [1.807, 2.05) is 13.0 Å². The second kappa shape index (κ2) is 5.17. The number of furan rings is 1. The van der Waals surface area contributed by atoms with Gasteiger partial charge in [-0.1, -0.05) is 31.2 Å². The molecule has 2 aromatic rings. The Kier molecular flexibility index (Phi) is 3.61. The molecule has 0 fully saturated rings. The van der Waals surface area contributed by atoms with Crippen LogP contribution in [0.25, 0.3) is 0 Å². The van der Waals surface area contributed by atoms with E-state index in [0.29, 0.717) is 0 Å². The maximum atomic E-state index is 5.65. The third-order valence-electron chi connectivity index (χ3n) is 2.94. The molecule has 0 aliphatic heterocycles. The number of rotatable bonds is 4. The highest BCUT2D eigenvalue weighted by molar-refractivity contribution is 5.33. The summed E-state index contributed by atoms with van der Waals surface area (Å²) in [5, 5.41) is 0. The van der Waals surface area contributed by atoms with Crippen molar-refractivity contribution in [2.24, 2.45) is 5.84 Å². The summed E-state index contributed by atoms with van der Waals surface area (Å²) >= 11 is 0. The summed E-state index contributed by atoms with van der Waals surface area (Å²) in [4.78, 5) is 0. The van der Waals surface area contributed by atoms with Crippen molar-refractivity contribution in [3.8, 4) is 0 Å². The van der Waals surface area contributed by atoms with Crippen LogP contribution in [0, 0.1) is 6.92 Å². The van der Waals surface area contributed by atoms with E-state index in [0.717, 1.165) is 23.3 Å². The number of hydrazine groups is 1. The van der Waals surface area contributed by atoms with Gasteiger partial charge in [-0.3, -0.25) is 5.84 Å². The van der Waals surface area contributed by atoms with Gasteiger partial charge in [0.2, 0.25) is 0 Å². The van der Waals surface area contributed by atoms with E-state index in [9.17, 15) is 0 Å². The van der Waals surface area contributed by atoms with Crippen LogP contribution < -0.4 is 11.3 Å². The van der Waals surface area contributed by atoms with Crippen LogP contribution in [0.5, 0.6) is 0 Å². The number of hydrogen-bond donors (Lipinski definition) is 2. The van der Waals surface area contributed by atoms with Gasteiger partial charge in [-0.05, 0) is 30.5 Å². The lowest BCUT2D eigenvalue weighted by Crippen LogP contribution is -2.28. The van der Waals surface area contributed by atoms with Gasteiger partial charge in [0.15, 0.2) is 0 Å². The molecule has 1 heterocycles. The van der Waals surface area contributed by atoms with Gasteiger partial charge < -0.3 is 4.42 Å². The van der Waals surface area contributed by atoms with E-state index in [4.69, 9.17) is 10.3 Å². The summed E-state index contributed by atoms with van der Waals surface area (Å²) in [7, 11) is 0. The zero-order chi connectivity index (χ0) is 12.3. The molecule has 0 amide bonds. The summed E-state index contributed by atoms with van der Waals surface area (Å²) in [6, 6.07) is 10.4. The smallest absolute Gasteiger partial charge is 0.101 e. The van der Waals surface area contributed by atoms with Crippen molar-refractivity contribution in [3.63, 3.8) is 0 Å². The molecule has 0 aliphatic carbocycles. The normalized spacial score (nSPS) is 12.6. The largest absolute Gasteiger partial charge is 0.469 e. The van der Waals surface area contributed by atoms with Gasteiger partial charge in [0.05, 0.1) is 12.3 Å². The lowest BCUT2D eigenvalue weighted by molar-refractivity contribution is 0.525. The summed E-state index contributed by atoms with van der Waals surface area (Å²) in [6.07, 6.45) is 2.77. The predicted molar refractivity (Wildman–Crippen MR) is 68.4 cm³/mol. The summed E-state index contributed by atoms with van der Waals surface area (Å²) in [5.41, 5.74) is 6.36. The highest BCUT2D eigenvalue weighted by atomic mass is 16.3. The van der Waals surface area contributed by atoms with E-state index in [1.54, 1.807) is 6.26 Å². The first-order valence-electron chi connectivity index (χ1n) is 5.84. The van der Waals surface area contributed by atoms with Crippen molar-refractivity contribution in [3.05, 3.63) is 59.0 Å². The van der Waals surface area contributed by atoms with Crippen LogP contribution in [-0.2, 0) is 6.42 Å². The van der Waals surface area contributed by atoms with Gasteiger partial charge in [-0.25, -0.2) is 5.43 Å². The second-order valence-corrected chi connectivity index (χ2v) is 4.19. The minimum absolute atomic E-state index is 0.0149. The molecule has 90 valence electrons. The molecule has 17 heavy (non-hydrogen) atoms. The van der Waals surface area contributed by atoms with Gasteiger partial charge in [0.1, 0.15) is 5.76 Å². The molecule has 1 unspecified atom stereocenters. The molecule has 3 N–H and O–H groups in total. The van der Waals surface area contributed by atoms with Crippen molar-refractivity contribution in [2.75, 3.05) is 0 Å². The molecule has 3 nitrogen and oxygen atoms in total. The van der Waals surface area contributed by atoms with Crippen molar-refractivity contribution in [1.82, 2.24) is 5.43 Å². The van der Waals surface area contributed by atoms with Crippen LogP contribution in [0.1, 0.15) is 35.4 Å². The Bertz CT molecular complexity index is 490. The molecule has 0 aliphatic rings. The Hall–Kier alpha value is -1.58. The van der Waals surface area contributed by atoms with Crippen LogP contribution in [0.3, 0.4) is 0 Å². The topological polar surface area (TPSA) is 51.2 Å². The third-order valence-corrected chi connectivity index (χ3v) is 2.94. The zero-order valence-corrected chi connectivity index (χ0v) is 10.2. The fourth-order valence-corrected chi connectivity index (χ4v) is 1.99. The Balaban J connectivity index is 2.34. The minimum atomic E-state index is -0.0149. The van der Waals surface area contributed by atoms with E-state index < -0.39 is 0 Å². The maximum absolute atomic E-state index is 5.65. The van der Waals surface area contributed by atoms with E-state index in [-0.39, 0.29) is 6.04 Å². The first-order chi connectivity index (χ1) is 8.24. The molecule has 1 aromatic carbocycles. The van der Waals surface area contributed by atoms with Crippen LogP contribution in [0.2, 0.25) is 0 Å². The Morgan fingerprint density at radius 3 is 2.71 bits per heavy atom. The fourth-order valence-electron chi connectivity index (χ4n) is 1.99. The molecule has 3 heteroatoms. The van der Waals surface area contributed by atoms with Crippen molar-refractivity contribution < 1.29 is 4.42 Å². The number of nitrogens with two attached hydrogens (primary N) is 1. The minimum Gasteiger partial charge on any atom is -0.469 e. The molecule has 1 atom stereocenters. The zero-order valence-electron chi connectivity index (χ0n) is 10.2. The van der Waals surface area contributed by atoms with Crippen LogP contribution in [-0.4, -0.2) is 0 Å². The van der Waals surface area contributed by atoms with Gasteiger partial charge in [0.25, 0.3) is 0 Å². The quantitative estimate of drug-likeness (QED) is 0.627. The highest BCUT2D eigenvalue weighted by Gasteiger charge is 2.14. The number of hydrogen-bond acceptors (Lipinski definition) is 3. The van der Waals surface area contributed by atoms with Crippen LogP contribution in [0.4, 0.5) is 0 Å². The number of aryl methyl sites for hydroxylation is 2. The molecular formula is C14H18N2O. The first-order valence-corrected chi connectivity index (χ1v) is 5.84. The summed E-state index contributed by atoms with van der Waals surface area (Å²) < 4.78 is 5.33. The number of nitrogens with one attached hydrogen (secondary N) is 1.